The molecule has 154 valence electrons. The van der Waals surface area contributed by atoms with Crippen LogP contribution in [0, 0.1) is 5.82 Å². The molecule has 0 bridgehead atoms. The summed E-state index contributed by atoms with van der Waals surface area (Å²) in [5, 5.41) is 2.94. The average Bonchev–Trinajstić information content (AvgIpc) is 2.80. The molecule has 2 aromatic carbocycles. The molecule has 30 heavy (non-hydrogen) atoms. The Balaban J connectivity index is 1.33. The summed E-state index contributed by atoms with van der Waals surface area (Å²) in [4.78, 5) is 21.1. The highest BCUT2D eigenvalue weighted by Crippen LogP contribution is 2.25. The number of pyridine rings is 1. The maximum absolute atomic E-state index is 13.9. The number of piperidine rings is 1. The van der Waals surface area contributed by atoms with E-state index in [0.29, 0.717) is 11.3 Å². The molecular weight excluding hydrogens is 379 g/mol. The van der Waals surface area contributed by atoms with Gasteiger partial charge in [0.25, 0.3) is 0 Å². The van der Waals surface area contributed by atoms with Crippen LogP contribution in [0.3, 0.4) is 0 Å². The van der Waals surface area contributed by atoms with Crippen LogP contribution in [0.4, 0.5) is 20.7 Å². The molecule has 0 radical (unpaired) electrons. The van der Waals surface area contributed by atoms with Gasteiger partial charge in [-0.1, -0.05) is 36.4 Å². The number of urea groups is 1. The van der Waals surface area contributed by atoms with E-state index in [1.54, 1.807) is 35.4 Å². The number of rotatable bonds is 4. The van der Waals surface area contributed by atoms with Crippen molar-refractivity contribution in [2.75, 3.05) is 30.4 Å². The topological polar surface area (TPSA) is 48.5 Å². The molecule has 1 saturated heterocycles. The highest BCUT2D eigenvalue weighted by atomic mass is 19.1. The van der Waals surface area contributed by atoms with Crippen molar-refractivity contribution in [3.63, 3.8) is 0 Å². The lowest BCUT2D eigenvalue weighted by Crippen LogP contribution is -2.47. The largest absolute Gasteiger partial charge is 0.356 e. The lowest BCUT2D eigenvalue weighted by atomic mass is 10.0. The molecule has 0 saturated carbocycles. The Hall–Kier alpha value is -3.41. The molecule has 1 N–H and O–H groups in total. The normalized spacial score (nSPS) is 14.4. The smallest absolute Gasteiger partial charge is 0.321 e. The van der Waals surface area contributed by atoms with Crippen LogP contribution in [0.1, 0.15) is 12.8 Å². The van der Waals surface area contributed by atoms with E-state index in [1.807, 2.05) is 43.4 Å². The van der Waals surface area contributed by atoms with E-state index in [4.69, 9.17) is 0 Å². The third kappa shape index (κ3) is 4.43. The summed E-state index contributed by atoms with van der Waals surface area (Å²) < 4.78 is 13.9. The summed E-state index contributed by atoms with van der Waals surface area (Å²) in [7, 11) is 1.84. The molecule has 5 nitrogen and oxygen atoms in total. The minimum atomic E-state index is -0.258. The lowest BCUT2D eigenvalue weighted by Gasteiger charge is -2.37. The minimum absolute atomic E-state index is 0.134. The van der Waals surface area contributed by atoms with Gasteiger partial charge in [0.1, 0.15) is 11.6 Å². The molecule has 1 aliphatic heterocycles. The molecule has 1 aromatic heterocycles. The van der Waals surface area contributed by atoms with Crippen LogP contribution in [-0.4, -0.2) is 42.1 Å². The Kier molecular flexibility index (Phi) is 5.93. The van der Waals surface area contributed by atoms with E-state index in [2.05, 4.69) is 15.2 Å². The SMILES string of the molecule is CN(C(=O)Nc1ccc(-c2ccccc2F)cc1)C1CCN(c2ccccn2)CC1. The number of amides is 2. The first-order valence-corrected chi connectivity index (χ1v) is 10.2. The van der Waals surface area contributed by atoms with Crippen molar-refractivity contribution in [2.24, 2.45) is 0 Å². The summed E-state index contributed by atoms with van der Waals surface area (Å²) >= 11 is 0. The van der Waals surface area contributed by atoms with Crippen molar-refractivity contribution in [1.82, 2.24) is 9.88 Å². The third-order valence-electron chi connectivity index (χ3n) is 5.63. The van der Waals surface area contributed by atoms with Gasteiger partial charge in [0.15, 0.2) is 0 Å². The second-order valence-electron chi connectivity index (χ2n) is 7.50. The van der Waals surface area contributed by atoms with Gasteiger partial charge in [-0.3, -0.25) is 0 Å². The summed E-state index contributed by atoms with van der Waals surface area (Å²) in [5.74, 6) is 0.726. The van der Waals surface area contributed by atoms with E-state index in [1.165, 1.54) is 6.07 Å². The zero-order valence-corrected chi connectivity index (χ0v) is 17.0. The van der Waals surface area contributed by atoms with Gasteiger partial charge in [0.05, 0.1) is 0 Å². The molecule has 4 rings (SSSR count). The van der Waals surface area contributed by atoms with Crippen LogP contribution in [0.2, 0.25) is 0 Å². The van der Waals surface area contributed by atoms with E-state index in [0.717, 1.165) is 37.3 Å². The number of halogens is 1. The number of benzene rings is 2. The first kappa shape index (κ1) is 19.9. The van der Waals surface area contributed by atoms with Crippen LogP contribution in [0.15, 0.2) is 72.9 Å². The monoisotopic (exact) mass is 404 g/mol. The van der Waals surface area contributed by atoms with Gasteiger partial charge in [0, 0.05) is 43.6 Å². The van der Waals surface area contributed by atoms with Crippen molar-refractivity contribution >= 4 is 17.5 Å². The molecule has 3 aromatic rings. The number of hydrogen-bond donors (Lipinski definition) is 1. The quantitative estimate of drug-likeness (QED) is 0.664. The molecule has 2 heterocycles. The third-order valence-corrected chi connectivity index (χ3v) is 5.63. The van der Waals surface area contributed by atoms with Gasteiger partial charge in [-0.05, 0) is 48.7 Å². The van der Waals surface area contributed by atoms with Crippen LogP contribution >= 0.6 is 0 Å². The standard InChI is InChI=1S/C24H25FN4O/c1-28(20-13-16-29(17-14-20)23-8-4-5-15-26-23)24(30)27-19-11-9-18(10-12-19)21-6-2-3-7-22(21)25/h2-12,15,20H,13-14,16-17H2,1H3,(H,27,30). The molecule has 0 spiro atoms. The van der Waals surface area contributed by atoms with Crippen molar-refractivity contribution in [1.29, 1.82) is 0 Å². The molecule has 2 amide bonds. The van der Waals surface area contributed by atoms with Crippen LogP contribution in [-0.2, 0) is 0 Å². The predicted molar refractivity (Wildman–Crippen MR) is 118 cm³/mol. The fourth-order valence-corrected chi connectivity index (χ4v) is 3.83. The van der Waals surface area contributed by atoms with E-state index >= 15 is 0 Å². The number of carbonyl (C=O) groups excluding carboxylic acids is 1. The average molecular weight is 404 g/mol. The van der Waals surface area contributed by atoms with Gasteiger partial charge < -0.3 is 15.1 Å². The molecule has 0 atom stereocenters. The Morgan fingerprint density at radius 1 is 1.03 bits per heavy atom. The Labute approximate surface area is 176 Å². The van der Waals surface area contributed by atoms with E-state index in [9.17, 15) is 9.18 Å². The highest BCUT2D eigenvalue weighted by molar-refractivity contribution is 5.89. The van der Waals surface area contributed by atoms with E-state index in [-0.39, 0.29) is 17.9 Å². The van der Waals surface area contributed by atoms with Crippen molar-refractivity contribution in [2.45, 2.75) is 18.9 Å². The summed E-state index contributed by atoms with van der Waals surface area (Å²) in [5.41, 5.74) is 2.02. The molecule has 1 aliphatic rings. The number of carbonyl (C=O) groups is 1. The molecule has 0 unspecified atom stereocenters. The second kappa shape index (κ2) is 8.95. The zero-order valence-electron chi connectivity index (χ0n) is 17.0. The van der Waals surface area contributed by atoms with Gasteiger partial charge in [-0.15, -0.1) is 0 Å². The molecule has 1 fully saturated rings. The Bertz CT molecular complexity index is 986. The Morgan fingerprint density at radius 2 is 1.73 bits per heavy atom. The maximum atomic E-state index is 13.9. The maximum Gasteiger partial charge on any atom is 0.321 e. The summed E-state index contributed by atoms with van der Waals surface area (Å²) in [6, 6.07) is 19.9. The summed E-state index contributed by atoms with van der Waals surface area (Å²) in [6.45, 7) is 1.74. The zero-order chi connectivity index (χ0) is 20.9. The molecule has 0 aliphatic carbocycles. The fourth-order valence-electron chi connectivity index (χ4n) is 3.83. The van der Waals surface area contributed by atoms with Crippen molar-refractivity contribution in [3.05, 3.63) is 78.7 Å². The van der Waals surface area contributed by atoms with Gasteiger partial charge >= 0.3 is 6.03 Å². The number of nitrogens with one attached hydrogen (secondary N) is 1. The molecular formula is C24H25FN4O. The van der Waals surface area contributed by atoms with Crippen molar-refractivity contribution in [3.8, 4) is 11.1 Å². The van der Waals surface area contributed by atoms with Crippen LogP contribution in [0.25, 0.3) is 11.1 Å². The first-order valence-electron chi connectivity index (χ1n) is 10.2. The second-order valence-corrected chi connectivity index (χ2v) is 7.50. The highest BCUT2D eigenvalue weighted by Gasteiger charge is 2.26. The van der Waals surface area contributed by atoms with Crippen LogP contribution in [0.5, 0.6) is 0 Å². The number of aromatic nitrogens is 1. The van der Waals surface area contributed by atoms with Gasteiger partial charge in [-0.2, -0.15) is 0 Å². The lowest BCUT2D eigenvalue weighted by molar-refractivity contribution is 0.193. The number of hydrogen-bond acceptors (Lipinski definition) is 3. The first-order chi connectivity index (χ1) is 14.6. The van der Waals surface area contributed by atoms with Gasteiger partial charge in [0.2, 0.25) is 0 Å². The Morgan fingerprint density at radius 3 is 2.40 bits per heavy atom. The molecule has 6 heteroatoms. The number of anilines is 2. The number of nitrogens with zero attached hydrogens (tertiary/aromatic N) is 3. The fraction of sp³-hybridized carbons (Fsp3) is 0.250. The van der Waals surface area contributed by atoms with Crippen LogP contribution < -0.4 is 10.2 Å². The van der Waals surface area contributed by atoms with E-state index < -0.39 is 0 Å². The van der Waals surface area contributed by atoms with Crippen molar-refractivity contribution < 1.29 is 9.18 Å². The summed E-state index contributed by atoms with van der Waals surface area (Å²) in [6.07, 6.45) is 3.60. The predicted octanol–water partition coefficient (Wildman–Crippen LogP) is 5.02. The minimum Gasteiger partial charge on any atom is -0.356 e. The van der Waals surface area contributed by atoms with Gasteiger partial charge in [-0.25, -0.2) is 14.2 Å².